The van der Waals surface area contributed by atoms with Gasteiger partial charge in [-0.15, -0.1) is 0 Å². The molecule has 3 rings (SSSR count). The van der Waals surface area contributed by atoms with Gasteiger partial charge in [-0.3, -0.25) is 4.98 Å². The van der Waals surface area contributed by atoms with E-state index in [1.807, 2.05) is 18.2 Å². The van der Waals surface area contributed by atoms with Crippen molar-refractivity contribution in [3.8, 4) is 11.1 Å². The highest BCUT2D eigenvalue weighted by Crippen LogP contribution is 2.37. The maximum Gasteiger partial charge on any atom is 0.197 e. The molecule has 1 fully saturated rings. The average Bonchev–Trinajstić information content (AvgIpc) is 2.62. The number of piperidine rings is 1. The summed E-state index contributed by atoms with van der Waals surface area (Å²) in [6, 6.07) is 7.62. The first-order valence-electron chi connectivity index (χ1n) is 8.23. The maximum atomic E-state index is 9.74. The van der Waals surface area contributed by atoms with E-state index in [2.05, 4.69) is 21.7 Å². The van der Waals surface area contributed by atoms with Crippen molar-refractivity contribution in [2.45, 2.75) is 25.8 Å². The van der Waals surface area contributed by atoms with Crippen molar-refractivity contribution in [1.82, 2.24) is 4.98 Å². The quantitative estimate of drug-likeness (QED) is 0.670. The Morgan fingerprint density at radius 3 is 2.96 bits per heavy atom. The predicted octanol–water partition coefficient (Wildman–Crippen LogP) is 3.48. The summed E-state index contributed by atoms with van der Waals surface area (Å²) in [6.07, 6.45) is 5.42. The Balaban J connectivity index is 2.05. The molecule has 2 heterocycles. The molecule has 2 atom stereocenters. The molecule has 0 amide bonds. The SMILES string of the molecule is [C-]#[N+]c1ccncc1-c1ccc(N)c(N2C[C@@H](C)CC[C@H]2CO)c1. The van der Waals surface area contributed by atoms with Gasteiger partial charge in [0.1, 0.15) is 0 Å². The summed E-state index contributed by atoms with van der Waals surface area (Å²) in [5, 5.41) is 9.74. The van der Waals surface area contributed by atoms with E-state index in [9.17, 15) is 5.11 Å². The molecular weight excluding hydrogens is 300 g/mol. The van der Waals surface area contributed by atoms with E-state index in [1.165, 1.54) is 0 Å². The number of benzene rings is 1. The molecule has 0 aliphatic carbocycles. The van der Waals surface area contributed by atoms with Gasteiger partial charge in [-0.2, -0.15) is 0 Å². The molecule has 1 saturated heterocycles. The highest BCUT2D eigenvalue weighted by atomic mass is 16.3. The second-order valence-electron chi connectivity index (χ2n) is 6.45. The molecule has 0 unspecified atom stereocenters. The molecule has 1 aromatic carbocycles. The molecule has 0 saturated carbocycles. The maximum absolute atomic E-state index is 9.74. The number of hydrogen-bond donors (Lipinski definition) is 2. The minimum atomic E-state index is 0.0907. The average molecular weight is 322 g/mol. The lowest BCUT2D eigenvalue weighted by molar-refractivity contribution is 0.226. The monoisotopic (exact) mass is 322 g/mol. The number of rotatable bonds is 3. The van der Waals surface area contributed by atoms with Gasteiger partial charge in [-0.05, 0) is 42.5 Å². The van der Waals surface area contributed by atoms with Gasteiger partial charge in [0.15, 0.2) is 5.69 Å². The summed E-state index contributed by atoms with van der Waals surface area (Å²) in [5.41, 5.74) is 10.2. The number of nitrogen functional groups attached to an aromatic ring is 1. The third-order valence-electron chi connectivity index (χ3n) is 4.72. The minimum Gasteiger partial charge on any atom is -0.397 e. The van der Waals surface area contributed by atoms with Gasteiger partial charge in [-0.1, -0.05) is 13.0 Å². The molecule has 0 spiro atoms. The Morgan fingerprint density at radius 1 is 1.38 bits per heavy atom. The summed E-state index contributed by atoms with van der Waals surface area (Å²) < 4.78 is 0. The smallest absolute Gasteiger partial charge is 0.197 e. The third kappa shape index (κ3) is 3.06. The van der Waals surface area contributed by atoms with Crippen molar-refractivity contribution >= 4 is 17.1 Å². The van der Waals surface area contributed by atoms with Crippen LogP contribution in [0.25, 0.3) is 16.0 Å². The van der Waals surface area contributed by atoms with E-state index < -0.39 is 0 Å². The van der Waals surface area contributed by atoms with Crippen molar-refractivity contribution in [3.63, 3.8) is 0 Å². The predicted molar refractivity (Wildman–Crippen MR) is 97.0 cm³/mol. The van der Waals surface area contributed by atoms with Crippen molar-refractivity contribution in [3.05, 3.63) is 48.1 Å². The van der Waals surface area contributed by atoms with Crippen LogP contribution >= 0.6 is 0 Å². The van der Waals surface area contributed by atoms with Crippen LogP contribution in [-0.2, 0) is 0 Å². The fraction of sp³-hybridized carbons (Fsp3) is 0.368. The van der Waals surface area contributed by atoms with Gasteiger partial charge in [0.25, 0.3) is 0 Å². The van der Waals surface area contributed by atoms with E-state index in [0.717, 1.165) is 36.2 Å². The van der Waals surface area contributed by atoms with Crippen LogP contribution in [0.2, 0.25) is 0 Å². The summed E-state index contributed by atoms with van der Waals surface area (Å²) in [5.74, 6) is 0.563. The topological polar surface area (TPSA) is 66.7 Å². The number of hydrogen-bond acceptors (Lipinski definition) is 4. The molecule has 1 aliphatic rings. The molecule has 124 valence electrons. The van der Waals surface area contributed by atoms with E-state index in [-0.39, 0.29) is 12.6 Å². The van der Waals surface area contributed by atoms with Crippen LogP contribution in [0.15, 0.2) is 36.7 Å². The number of pyridine rings is 1. The zero-order valence-electron chi connectivity index (χ0n) is 13.8. The molecule has 2 aromatic rings. The van der Waals surface area contributed by atoms with E-state index >= 15 is 0 Å². The lowest BCUT2D eigenvalue weighted by Crippen LogP contribution is -2.45. The van der Waals surface area contributed by atoms with Crippen LogP contribution in [0.3, 0.4) is 0 Å². The highest BCUT2D eigenvalue weighted by Gasteiger charge is 2.27. The van der Waals surface area contributed by atoms with Gasteiger partial charge in [0.05, 0.1) is 30.6 Å². The zero-order valence-corrected chi connectivity index (χ0v) is 13.8. The molecule has 5 nitrogen and oxygen atoms in total. The summed E-state index contributed by atoms with van der Waals surface area (Å²) in [7, 11) is 0. The normalized spacial score (nSPS) is 20.6. The summed E-state index contributed by atoms with van der Waals surface area (Å²) in [6.45, 7) is 10.6. The molecule has 24 heavy (non-hydrogen) atoms. The number of aliphatic hydroxyl groups is 1. The van der Waals surface area contributed by atoms with Gasteiger partial charge >= 0.3 is 0 Å². The first-order chi connectivity index (χ1) is 11.6. The second-order valence-corrected chi connectivity index (χ2v) is 6.45. The van der Waals surface area contributed by atoms with Crippen LogP contribution in [0.1, 0.15) is 19.8 Å². The number of nitrogens with two attached hydrogens (primary N) is 1. The lowest BCUT2D eigenvalue weighted by Gasteiger charge is -2.40. The van der Waals surface area contributed by atoms with Gasteiger partial charge < -0.3 is 15.7 Å². The Hall–Kier alpha value is -2.58. The van der Waals surface area contributed by atoms with Crippen LogP contribution in [0.4, 0.5) is 17.1 Å². The van der Waals surface area contributed by atoms with E-state index in [1.54, 1.807) is 18.5 Å². The summed E-state index contributed by atoms with van der Waals surface area (Å²) >= 11 is 0. The van der Waals surface area contributed by atoms with Crippen molar-refractivity contribution in [1.29, 1.82) is 0 Å². The van der Waals surface area contributed by atoms with Crippen molar-refractivity contribution in [2.24, 2.45) is 5.92 Å². The first kappa shape index (κ1) is 16.3. The van der Waals surface area contributed by atoms with Gasteiger partial charge in [0, 0.05) is 24.5 Å². The standard InChI is InChI=1S/C19H22N4O/c1-13-3-5-15(12-24)23(11-13)19-9-14(4-6-17(19)20)16-10-22-8-7-18(16)21-2/h4,6-10,13,15,24H,3,5,11-12,20H2,1H3/t13-,15-/m0/s1. The largest absolute Gasteiger partial charge is 0.397 e. The number of aliphatic hydroxyl groups excluding tert-OH is 1. The van der Waals surface area contributed by atoms with Gasteiger partial charge in [0.2, 0.25) is 0 Å². The number of anilines is 2. The van der Waals surface area contributed by atoms with Crippen LogP contribution < -0.4 is 10.6 Å². The van der Waals surface area contributed by atoms with Crippen molar-refractivity contribution < 1.29 is 5.11 Å². The fourth-order valence-corrected chi connectivity index (χ4v) is 3.36. The Morgan fingerprint density at radius 2 is 2.21 bits per heavy atom. The Bertz CT molecular complexity index is 768. The van der Waals surface area contributed by atoms with E-state index in [0.29, 0.717) is 17.3 Å². The fourth-order valence-electron chi connectivity index (χ4n) is 3.36. The molecular formula is C19H22N4O. The number of aromatic nitrogens is 1. The third-order valence-corrected chi connectivity index (χ3v) is 4.72. The van der Waals surface area contributed by atoms with Crippen LogP contribution in [0, 0.1) is 12.5 Å². The second kappa shape index (κ2) is 6.90. The van der Waals surface area contributed by atoms with E-state index in [4.69, 9.17) is 12.3 Å². The Labute approximate surface area is 142 Å². The summed E-state index contributed by atoms with van der Waals surface area (Å²) in [4.78, 5) is 9.94. The zero-order chi connectivity index (χ0) is 17.1. The lowest BCUT2D eigenvalue weighted by atomic mass is 9.93. The van der Waals surface area contributed by atoms with Crippen LogP contribution in [-0.4, -0.2) is 29.3 Å². The van der Waals surface area contributed by atoms with Crippen molar-refractivity contribution in [2.75, 3.05) is 23.8 Å². The first-order valence-corrected chi connectivity index (χ1v) is 8.23. The minimum absolute atomic E-state index is 0.0907. The van der Waals surface area contributed by atoms with Gasteiger partial charge in [-0.25, -0.2) is 4.85 Å². The van der Waals surface area contributed by atoms with Crippen LogP contribution in [0.5, 0.6) is 0 Å². The molecule has 0 radical (unpaired) electrons. The molecule has 1 aliphatic heterocycles. The molecule has 1 aromatic heterocycles. The molecule has 0 bridgehead atoms. The number of nitrogens with zero attached hydrogens (tertiary/aromatic N) is 3. The molecule has 5 heteroatoms. The highest BCUT2D eigenvalue weighted by molar-refractivity contribution is 5.83. The molecule has 3 N–H and O–H groups in total. The Kier molecular flexibility index (Phi) is 4.68.